The van der Waals surface area contributed by atoms with E-state index in [-0.39, 0.29) is 11.3 Å². The third kappa shape index (κ3) is 5.11. The summed E-state index contributed by atoms with van der Waals surface area (Å²) in [7, 11) is 1.58. The number of nitrogens with one attached hydrogen (secondary N) is 1. The monoisotopic (exact) mass is 418 g/mol. The first-order valence-electron chi connectivity index (χ1n) is 8.99. The molecule has 0 spiro atoms. The van der Waals surface area contributed by atoms with E-state index in [1.165, 1.54) is 29.8 Å². The molecule has 29 heavy (non-hydrogen) atoms. The zero-order chi connectivity index (χ0) is 20.8. The summed E-state index contributed by atoms with van der Waals surface area (Å²) in [5.41, 5.74) is 0.890. The number of benzene rings is 1. The molecule has 2 aromatic rings. The van der Waals surface area contributed by atoms with Gasteiger partial charge < -0.3 is 24.1 Å². The van der Waals surface area contributed by atoms with Gasteiger partial charge in [-0.2, -0.15) is 0 Å². The number of rotatable bonds is 7. The van der Waals surface area contributed by atoms with Crippen LogP contribution < -0.4 is 10.1 Å². The summed E-state index contributed by atoms with van der Waals surface area (Å²) in [5.74, 6) is 0.404. The Kier molecular flexibility index (Phi) is 6.82. The number of carbonyl (C=O) groups excluding carboxylic acids is 3. The number of hydrogen-bond acceptors (Lipinski definition) is 7. The van der Waals surface area contributed by atoms with Crippen LogP contribution in [0.1, 0.15) is 23.6 Å². The van der Waals surface area contributed by atoms with Crippen molar-refractivity contribution in [3.05, 3.63) is 54.0 Å². The predicted octanol–water partition coefficient (Wildman–Crippen LogP) is 2.11. The second-order valence-corrected chi connectivity index (χ2v) is 7.49. The van der Waals surface area contributed by atoms with Crippen LogP contribution in [0.5, 0.6) is 5.75 Å². The number of ether oxygens (including phenoxy) is 2. The smallest absolute Gasteiger partial charge is 0.330 e. The molecule has 2 heterocycles. The van der Waals surface area contributed by atoms with Gasteiger partial charge >= 0.3 is 5.97 Å². The Morgan fingerprint density at radius 2 is 2.00 bits per heavy atom. The van der Waals surface area contributed by atoms with Crippen molar-refractivity contribution in [1.82, 2.24) is 10.2 Å². The third-order valence-electron chi connectivity index (χ3n) is 4.42. The molecular weight excluding hydrogens is 396 g/mol. The highest BCUT2D eigenvalue weighted by molar-refractivity contribution is 7.99. The minimum absolute atomic E-state index is 0.262. The van der Waals surface area contributed by atoms with E-state index in [0.29, 0.717) is 18.1 Å². The molecule has 2 atom stereocenters. The van der Waals surface area contributed by atoms with Crippen LogP contribution in [0.4, 0.5) is 0 Å². The van der Waals surface area contributed by atoms with E-state index < -0.39 is 24.5 Å². The van der Waals surface area contributed by atoms with Crippen LogP contribution in [-0.2, 0) is 25.7 Å². The van der Waals surface area contributed by atoms with Crippen LogP contribution in [0.15, 0.2) is 47.1 Å². The van der Waals surface area contributed by atoms with Crippen LogP contribution in [-0.4, -0.2) is 48.2 Å². The first kappa shape index (κ1) is 20.8. The summed E-state index contributed by atoms with van der Waals surface area (Å²) >= 11 is 1.42. The normalized spacial score (nSPS) is 18.3. The fourth-order valence-electron chi connectivity index (χ4n) is 2.95. The van der Waals surface area contributed by atoms with Crippen molar-refractivity contribution >= 4 is 29.5 Å². The Morgan fingerprint density at radius 3 is 2.62 bits per heavy atom. The van der Waals surface area contributed by atoms with E-state index in [2.05, 4.69) is 5.32 Å². The molecule has 2 amide bonds. The number of thioether (sulfide) groups is 1. The SMILES string of the molecule is COc1ccc(CNC(=O)COC(=O)[C@H]2CS[C@@H](c3ccco3)N2C(C)=O)cc1. The fourth-order valence-corrected chi connectivity index (χ4v) is 4.37. The number of hydrogen-bond donors (Lipinski definition) is 1. The number of esters is 1. The maximum Gasteiger partial charge on any atom is 0.330 e. The minimum atomic E-state index is -0.762. The Bertz CT molecular complexity index is 852. The van der Waals surface area contributed by atoms with Crippen molar-refractivity contribution in [2.45, 2.75) is 24.9 Å². The zero-order valence-corrected chi connectivity index (χ0v) is 16.9. The first-order valence-corrected chi connectivity index (χ1v) is 10.0. The molecule has 1 aliphatic rings. The van der Waals surface area contributed by atoms with E-state index in [1.54, 1.807) is 31.4 Å². The molecule has 1 aliphatic heterocycles. The molecule has 1 saturated heterocycles. The summed E-state index contributed by atoms with van der Waals surface area (Å²) in [5, 5.41) is 2.30. The van der Waals surface area contributed by atoms with Gasteiger partial charge in [-0.05, 0) is 29.8 Å². The van der Waals surface area contributed by atoms with E-state index in [4.69, 9.17) is 13.9 Å². The molecule has 3 rings (SSSR count). The van der Waals surface area contributed by atoms with Gasteiger partial charge in [-0.25, -0.2) is 4.79 Å². The number of nitrogens with zero attached hydrogens (tertiary/aromatic N) is 1. The highest BCUT2D eigenvalue weighted by atomic mass is 32.2. The first-order chi connectivity index (χ1) is 14.0. The Balaban J connectivity index is 1.50. The van der Waals surface area contributed by atoms with Gasteiger partial charge in [0, 0.05) is 19.2 Å². The fraction of sp³-hybridized carbons (Fsp3) is 0.350. The zero-order valence-electron chi connectivity index (χ0n) is 16.1. The lowest BCUT2D eigenvalue weighted by atomic mass is 10.2. The maximum absolute atomic E-state index is 12.5. The highest BCUT2D eigenvalue weighted by Gasteiger charge is 2.43. The van der Waals surface area contributed by atoms with Gasteiger partial charge in [0.1, 0.15) is 22.9 Å². The lowest BCUT2D eigenvalue weighted by Gasteiger charge is -2.25. The van der Waals surface area contributed by atoms with Crippen LogP contribution in [0.25, 0.3) is 0 Å². The number of methoxy groups -OCH3 is 1. The van der Waals surface area contributed by atoms with Crippen LogP contribution in [0.2, 0.25) is 0 Å². The van der Waals surface area contributed by atoms with Gasteiger partial charge in [-0.1, -0.05) is 12.1 Å². The summed E-state index contributed by atoms with van der Waals surface area (Å²) in [6.45, 7) is 1.29. The second-order valence-electron chi connectivity index (χ2n) is 6.38. The molecule has 154 valence electrons. The Labute approximate surface area is 172 Å². The van der Waals surface area contributed by atoms with Crippen LogP contribution >= 0.6 is 11.8 Å². The molecule has 1 aromatic heterocycles. The number of amides is 2. The second kappa shape index (κ2) is 9.51. The molecule has 1 aromatic carbocycles. The van der Waals surface area contributed by atoms with Crippen molar-refractivity contribution < 1.29 is 28.3 Å². The minimum Gasteiger partial charge on any atom is -0.497 e. The molecule has 0 bridgehead atoms. The predicted molar refractivity (Wildman–Crippen MR) is 106 cm³/mol. The van der Waals surface area contributed by atoms with Crippen molar-refractivity contribution in [2.75, 3.05) is 19.5 Å². The largest absolute Gasteiger partial charge is 0.497 e. The number of carbonyl (C=O) groups is 3. The standard InChI is InChI=1S/C20H22N2O6S/c1-13(23)22-16(12-29-19(22)17-4-3-9-27-17)20(25)28-11-18(24)21-10-14-5-7-15(26-2)8-6-14/h3-9,16,19H,10-12H2,1-2H3,(H,21,24)/t16-,19+/m1/s1. The average molecular weight is 418 g/mol. The van der Waals surface area contributed by atoms with Gasteiger partial charge in [0.25, 0.3) is 5.91 Å². The van der Waals surface area contributed by atoms with Crippen LogP contribution in [0.3, 0.4) is 0 Å². The van der Waals surface area contributed by atoms with E-state index in [9.17, 15) is 14.4 Å². The molecule has 1 fully saturated rings. The number of furan rings is 1. The van der Waals surface area contributed by atoms with Crippen molar-refractivity contribution in [3.8, 4) is 5.75 Å². The Morgan fingerprint density at radius 1 is 1.24 bits per heavy atom. The quantitative estimate of drug-likeness (QED) is 0.688. The molecule has 8 nitrogen and oxygen atoms in total. The van der Waals surface area contributed by atoms with E-state index in [1.807, 2.05) is 12.1 Å². The molecule has 0 saturated carbocycles. The highest BCUT2D eigenvalue weighted by Crippen LogP contribution is 2.41. The van der Waals surface area contributed by atoms with Crippen LogP contribution in [0, 0.1) is 0 Å². The lowest BCUT2D eigenvalue weighted by molar-refractivity contribution is -0.156. The summed E-state index contributed by atoms with van der Waals surface area (Å²) in [6.07, 6.45) is 1.52. The summed E-state index contributed by atoms with van der Waals surface area (Å²) in [6, 6.07) is 9.99. The maximum atomic E-state index is 12.5. The molecule has 0 unspecified atom stereocenters. The third-order valence-corrected chi connectivity index (χ3v) is 5.70. The molecule has 9 heteroatoms. The Hall–Kier alpha value is -2.94. The lowest BCUT2D eigenvalue weighted by Crippen LogP contribution is -2.43. The van der Waals surface area contributed by atoms with E-state index in [0.717, 1.165) is 11.3 Å². The van der Waals surface area contributed by atoms with Crippen molar-refractivity contribution in [1.29, 1.82) is 0 Å². The van der Waals surface area contributed by atoms with Crippen molar-refractivity contribution in [3.63, 3.8) is 0 Å². The van der Waals surface area contributed by atoms with Gasteiger partial charge in [0.05, 0.1) is 13.4 Å². The van der Waals surface area contributed by atoms with Gasteiger partial charge in [0.15, 0.2) is 6.61 Å². The van der Waals surface area contributed by atoms with Gasteiger partial charge in [-0.15, -0.1) is 11.8 Å². The molecule has 0 radical (unpaired) electrons. The summed E-state index contributed by atoms with van der Waals surface area (Å²) < 4.78 is 15.6. The molecule has 1 N–H and O–H groups in total. The average Bonchev–Trinajstić information content (AvgIpc) is 3.40. The molecular formula is C20H22N2O6S. The van der Waals surface area contributed by atoms with E-state index >= 15 is 0 Å². The summed E-state index contributed by atoms with van der Waals surface area (Å²) in [4.78, 5) is 38.0. The van der Waals surface area contributed by atoms with Gasteiger partial charge in [0.2, 0.25) is 5.91 Å². The topological polar surface area (TPSA) is 98.1 Å². The van der Waals surface area contributed by atoms with Gasteiger partial charge in [-0.3, -0.25) is 9.59 Å². The molecule has 0 aliphatic carbocycles. The van der Waals surface area contributed by atoms with Crippen molar-refractivity contribution in [2.24, 2.45) is 0 Å².